The van der Waals surface area contributed by atoms with Crippen molar-refractivity contribution in [2.24, 2.45) is 5.92 Å². The molecule has 11 nitrogen and oxygen atoms in total. The quantitative estimate of drug-likeness (QED) is 0.339. The molecule has 4 fully saturated rings. The fourth-order valence-corrected chi connectivity index (χ4v) is 6.99. The van der Waals surface area contributed by atoms with Crippen molar-refractivity contribution in [1.29, 1.82) is 0 Å². The number of ether oxygens (including phenoxy) is 1. The zero-order valence-corrected chi connectivity index (χ0v) is 23.2. The van der Waals surface area contributed by atoms with Crippen LogP contribution in [-0.2, 0) is 4.74 Å². The largest absolute Gasteiger partial charge is 0.377 e. The Kier molecular flexibility index (Phi) is 6.60. The Morgan fingerprint density at radius 3 is 2.65 bits per heavy atom. The normalized spacial score (nSPS) is 21.0. The van der Waals surface area contributed by atoms with Gasteiger partial charge in [-0.25, -0.2) is 4.52 Å². The molecule has 8 rings (SSSR count). The summed E-state index contributed by atoms with van der Waals surface area (Å²) in [6.07, 6.45) is 14.1. The lowest BCUT2D eigenvalue weighted by atomic mass is 9.80. The second-order valence-electron chi connectivity index (χ2n) is 11.0. The molecule has 12 heteroatoms. The van der Waals surface area contributed by atoms with Crippen LogP contribution in [0.1, 0.15) is 58.1 Å². The number of nitrogens with one attached hydrogen (secondary N) is 2. The topological polar surface area (TPSA) is 119 Å². The summed E-state index contributed by atoms with van der Waals surface area (Å²) in [6, 6.07) is 2.63. The minimum Gasteiger partial charge on any atom is -0.377 e. The summed E-state index contributed by atoms with van der Waals surface area (Å²) in [7, 11) is 0. The molecule has 1 saturated carbocycles. The number of hydrogen-bond donors (Lipinski definition) is 2. The maximum atomic E-state index is 13.3. The number of fused-ring (bicyclic) bond motifs is 4. The third kappa shape index (κ3) is 4.80. The average molecular weight is 561 g/mol. The number of carbonyl (C=O) groups excluding carboxylic acids is 2. The highest BCUT2D eigenvalue weighted by molar-refractivity contribution is 7.21. The molecule has 0 atom stereocenters. The van der Waals surface area contributed by atoms with Gasteiger partial charge in [-0.15, -0.1) is 11.3 Å². The van der Waals surface area contributed by atoms with E-state index in [0.29, 0.717) is 48.3 Å². The van der Waals surface area contributed by atoms with Crippen molar-refractivity contribution < 1.29 is 14.3 Å². The number of carbonyl (C=O) groups is 2. The van der Waals surface area contributed by atoms with Crippen LogP contribution in [0.15, 0.2) is 37.1 Å². The number of rotatable bonds is 8. The van der Waals surface area contributed by atoms with Gasteiger partial charge in [0.2, 0.25) is 0 Å². The number of anilines is 1. The van der Waals surface area contributed by atoms with E-state index in [2.05, 4.69) is 30.7 Å². The minimum atomic E-state index is -0.298. The van der Waals surface area contributed by atoms with E-state index in [1.165, 1.54) is 37.0 Å². The smallest absolute Gasteiger partial charge is 0.260 e. The van der Waals surface area contributed by atoms with Crippen LogP contribution >= 0.6 is 11.3 Å². The van der Waals surface area contributed by atoms with Crippen LogP contribution in [0.5, 0.6) is 0 Å². The standard InChI is InChI=1S/C28H32N8O3S/c1-17-24(8-19(9-30-17)26(37)29-6-7-34-12-18-2-4-21(34)5-3-18)33-27(38)23-11-32-36-14-25(40-28(23)36)20-10-31-35(13-20)22-15-39-16-22/h8-11,13-14,18,21-22H,2-7,12,15-16H2,1H3,(H,29,37)(H,33,38). The molecular weight excluding hydrogens is 528 g/mol. The van der Waals surface area contributed by atoms with E-state index in [0.717, 1.165) is 34.3 Å². The molecule has 208 valence electrons. The van der Waals surface area contributed by atoms with Crippen LogP contribution in [0.2, 0.25) is 0 Å². The number of aromatic nitrogens is 5. The lowest BCUT2D eigenvalue weighted by Gasteiger charge is -2.45. The van der Waals surface area contributed by atoms with E-state index < -0.39 is 0 Å². The number of hydrogen-bond acceptors (Lipinski definition) is 8. The van der Waals surface area contributed by atoms with E-state index in [1.54, 1.807) is 23.0 Å². The molecule has 3 saturated heterocycles. The fraction of sp³-hybridized carbons (Fsp3) is 0.464. The van der Waals surface area contributed by atoms with Crippen LogP contribution in [-0.4, -0.2) is 80.0 Å². The second-order valence-corrected chi connectivity index (χ2v) is 12.1. The van der Waals surface area contributed by atoms with Crippen molar-refractivity contribution in [1.82, 2.24) is 34.6 Å². The van der Waals surface area contributed by atoms with Crippen LogP contribution in [0, 0.1) is 12.8 Å². The lowest BCUT2D eigenvalue weighted by molar-refractivity contribution is -0.0286. The lowest BCUT2D eigenvalue weighted by Crippen LogP contribution is -2.50. The van der Waals surface area contributed by atoms with Crippen LogP contribution in [0.3, 0.4) is 0 Å². The third-order valence-corrected chi connectivity index (χ3v) is 9.59. The van der Waals surface area contributed by atoms with Crippen molar-refractivity contribution in [3.8, 4) is 10.4 Å². The molecule has 3 aliphatic heterocycles. The zero-order valence-electron chi connectivity index (χ0n) is 22.4. The molecule has 2 bridgehead atoms. The molecule has 4 aromatic rings. The van der Waals surface area contributed by atoms with Crippen LogP contribution in [0.4, 0.5) is 5.69 Å². The molecule has 0 spiro atoms. The number of aryl methyl sites for hydroxylation is 1. The monoisotopic (exact) mass is 560 g/mol. The van der Waals surface area contributed by atoms with Crippen molar-refractivity contribution >= 4 is 33.7 Å². The first-order valence-electron chi connectivity index (χ1n) is 13.9. The highest BCUT2D eigenvalue weighted by Crippen LogP contribution is 2.34. The molecular formula is C28H32N8O3S. The van der Waals surface area contributed by atoms with Crippen LogP contribution < -0.4 is 10.6 Å². The van der Waals surface area contributed by atoms with E-state index >= 15 is 0 Å². The van der Waals surface area contributed by atoms with Gasteiger partial charge in [-0.2, -0.15) is 10.2 Å². The van der Waals surface area contributed by atoms with Gasteiger partial charge in [0.1, 0.15) is 4.83 Å². The van der Waals surface area contributed by atoms with Crippen LogP contribution in [0.25, 0.3) is 15.3 Å². The Labute approximate surface area is 235 Å². The summed E-state index contributed by atoms with van der Waals surface area (Å²) in [5.41, 5.74) is 3.00. The molecule has 40 heavy (non-hydrogen) atoms. The third-order valence-electron chi connectivity index (χ3n) is 8.43. The average Bonchev–Trinajstić information content (AvgIpc) is 3.66. The Balaban J connectivity index is 1.01. The molecule has 7 heterocycles. The number of amides is 2. The SMILES string of the molecule is Cc1ncc(C(=O)NCCN2CC3CCC2CC3)cc1NC(=O)c1cnn2cc(-c3cnn(C4COC4)c3)sc12. The Morgan fingerprint density at radius 2 is 1.90 bits per heavy atom. The molecule has 0 aromatic carbocycles. The highest BCUT2D eigenvalue weighted by atomic mass is 32.1. The summed E-state index contributed by atoms with van der Waals surface area (Å²) < 4.78 is 8.90. The molecule has 2 amide bonds. The Bertz CT molecular complexity index is 1560. The zero-order chi connectivity index (χ0) is 27.2. The number of thiazole rings is 1. The fourth-order valence-electron chi connectivity index (χ4n) is 5.95. The number of piperidine rings is 2. The van der Waals surface area contributed by atoms with Gasteiger partial charge >= 0.3 is 0 Å². The van der Waals surface area contributed by atoms with E-state index in [4.69, 9.17) is 4.74 Å². The maximum Gasteiger partial charge on any atom is 0.260 e. The maximum absolute atomic E-state index is 13.3. The van der Waals surface area contributed by atoms with Crippen molar-refractivity contribution in [2.45, 2.75) is 44.7 Å². The molecule has 1 aliphatic carbocycles. The predicted octanol–water partition coefficient (Wildman–Crippen LogP) is 3.39. The second kappa shape index (κ2) is 10.4. The van der Waals surface area contributed by atoms with Gasteiger partial charge in [0.15, 0.2) is 0 Å². The molecule has 4 aromatic heterocycles. The van der Waals surface area contributed by atoms with E-state index in [-0.39, 0.29) is 17.9 Å². The summed E-state index contributed by atoms with van der Waals surface area (Å²) in [5, 5.41) is 14.8. The minimum absolute atomic E-state index is 0.185. The first kappa shape index (κ1) is 25.4. The summed E-state index contributed by atoms with van der Waals surface area (Å²) in [4.78, 5) is 34.8. The molecule has 2 N–H and O–H groups in total. The van der Waals surface area contributed by atoms with Gasteiger partial charge < -0.3 is 15.4 Å². The van der Waals surface area contributed by atoms with E-state index in [1.807, 2.05) is 30.2 Å². The molecule has 0 radical (unpaired) electrons. The van der Waals surface area contributed by atoms with Gasteiger partial charge in [0.25, 0.3) is 11.8 Å². The van der Waals surface area contributed by atoms with Gasteiger partial charge in [-0.3, -0.25) is 24.2 Å². The number of nitrogens with zero attached hydrogens (tertiary/aromatic N) is 6. The Morgan fingerprint density at radius 1 is 1.05 bits per heavy atom. The summed E-state index contributed by atoms with van der Waals surface area (Å²) >= 11 is 1.48. The first-order chi connectivity index (χ1) is 19.5. The van der Waals surface area contributed by atoms with Gasteiger partial charge in [0.05, 0.1) is 59.0 Å². The summed E-state index contributed by atoms with van der Waals surface area (Å²) in [6.45, 7) is 5.78. The molecule has 0 unspecified atom stereocenters. The highest BCUT2D eigenvalue weighted by Gasteiger charge is 2.33. The summed E-state index contributed by atoms with van der Waals surface area (Å²) in [5.74, 6) is 0.334. The van der Waals surface area contributed by atoms with Gasteiger partial charge in [-0.05, 0) is 44.6 Å². The van der Waals surface area contributed by atoms with Gasteiger partial charge in [0, 0.05) is 49.8 Å². The van der Waals surface area contributed by atoms with Crippen molar-refractivity contribution in [3.05, 3.63) is 53.9 Å². The van der Waals surface area contributed by atoms with Crippen molar-refractivity contribution in [2.75, 3.05) is 38.2 Å². The van der Waals surface area contributed by atoms with E-state index in [9.17, 15) is 9.59 Å². The molecule has 4 aliphatic rings. The Hall–Kier alpha value is -3.61. The van der Waals surface area contributed by atoms with Gasteiger partial charge in [-0.1, -0.05) is 0 Å². The predicted molar refractivity (Wildman–Crippen MR) is 151 cm³/mol. The van der Waals surface area contributed by atoms with Crippen molar-refractivity contribution in [3.63, 3.8) is 0 Å². The first-order valence-corrected chi connectivity index (χ1v) is 14.7. The number of pyridine rings is 1.